The molecule has 1 atom stereocenters. The van der Waals surface area contributed by atoms with E-state index >= 15 is 0 Å². The molecular weight excluding hydrogens is 356 g/mol. The van der Waals surface area contributed by atoms with Crippen molar-refractivity contribution in [3.63, 3.8) is 0 Å². The van der Waals surface area contributed by atoms with Crippen LogP contribution >= 0.6 is 11.3 Å². The van der Waals surface area contributed by atoms with Crippen molar-refractivity contribution in [3.05, 3.63) is 52.2 Å². The molecule has 2 aromatic heterocycles. The summed E-state index contributed by atoms with van der Waals surface area (Å²) in [4.78, 5) is 11.4. The van der Waals surface area contributed by atoms with Gasteiger partial charge in [-0.25, -0.2) is 9.97 Å². The second kappa shape index (κ2) is 6.78. The molecule has 0 unspecified atom stereocenters. The Morgan fingerprint density at radius 1 is 1.22 bits per heavy atom. The third-order valence-electron chi connectivity index (χ3n) is 5.15. The number of hydrazone groups is 1. The number of rotatable bonds is 3. The number of nitrogens with one attached hydrogen (secondary N) is 1. The zero-order valence-corrected chi connectivity index (χ0v) is 15.9. The van der Waals surface area contributed by atoms with E-state index in [0.717, 1.165) is 45.8 Å². The van der Waals surface area contributed by atoms with E-state index in [2.05, 4.69) is 26.6 Å². The molecule has 5 nitrogen and oxygen atoms in total. The summed E-state index contributed by atoms with van der Waals surface area (Å²) in [5.74, 6) is 1.71. The van der Waals surface area contributed by atoms with Crippen LogP contribution in [0.2, 0.25) is 0 Å². The molecule has 0 bridgehead atoms. The van der Waals surface area contributed by atoms with Crippen molar-refractivity contribution >= 4 is 39.7 Å². The SMILES string of the molecule is C[C@H]1Oc2ccccc2C=C1C=NNc1ncnc2sc3c(c12)CCCC3. The number of anilines is 1. The highest BCUT2D eigenvalue weighted by molar-refractivity contribution is 7.19. The first-order chi connectivity index (χ1) is 13.3. The number of benzene rings is 1. The van der Waals surface area contributed by atoms with E-state index in [-0.39, 0.29) is 6.10 Å². The minimum absolute atomic E-state index is 0.0372. The fourth-order valence-corrected chi connectivity index (χ4v) is 4.98. The number of nitrogens with zero attached hydrogens (tertiary/aromatic N) is 3. The lowest BCUT2D eigenvalue weighted by Crippen LogP contribution is -2.19. The van der Waals surface area contributed by atoms with Crippen LogP contribution in [0.15, 0.2) is 41.3 Å². The van der Waals surface area contributed by atoms with Crippen LogP contribution in [0.3, 0.4) is 0 Å². The van der Waals surface area contributed by atoms with Crippen LogP contribution < -0.4 is 10.2 Å². The number of ether oxygens (including phenoxy) is 1. The Balaban J connectivity index is 1.43. The lowest BCUT2D eigenvalue weighted by molar-refractivity contribution is 0.260. The quantitative estimate of drug-likeness (QED) is 0.525. The average molecular weight is 376 g/mol. The van der Waals surface area contributed by atoms with E-state index in [1.54, 1.807) is 17.7 Å². The molecule has 0 spiro atoms. The monoisotopic (exact) mass is 376 g/mol. The highest BCUT2D eigenvalue weighted by Crippen LogP contribution is 2.38. The van der Waals surface area contributed by atoms with Gasteiger partial charge in [0.2, 0.25) is 0 Å². The summed E-state index contributed by atoms with van der Waals surface area (Å²) in [5.41, 5.74) is 6.65. The molecule has 3 heterocycles. The lowest BCUT2D eigenvalue weighted by Gasteiger charge is -2.22. The molecule has 5 rings (SSSR count). The van der Waals surface area contributed by atoms with Crippen LogP contribution in [-0.4, -0.2) is 22.3 Å². The van der Waals surface area contributed by atoms with E-state index in [1.165, 1.54) is 23.3 Å². The highest BCUT2D eigenvalue weighted by atomic mass is 32.1. The van der Waals surface area contributed by atoms with Crippen LogP contribution in [-0.2, 0) is 12.8 Å². The number of para-hydroxylation sites is 1. The predicted octanol–water partition coefficient (Wildman–Crippen LogP) is 4.83. The second-order valence-electron chi connectivity index (χ2n) is 6.93. The fourth-order valence-electron chi connectivity index (χ4n) is 3.75. The minimum atomic E-state index is -0.0372. The standard InChI is InChI=1S/C21H20N4OS/c1-13-15(10-14-6-2-4-8-17(14)26-13)11-24-25-20-19-16-7-3-5-9-18(16)27-21(19)23-12-22-20/h2,4,6,8,10-13H,3,5,7,9H2,1H3,(H,22,23,25)/t13-/m1/s1. The molecule has 1 aliphatic carbocycles. The van der Waals surface area contributed by atoms with Crippen molar-refractivity contribution in [1.82, 2.24) is 9.97 Å². The maximum atomic E-state index is 5.97. The summed E-state index contributed by atoms with van der Waals surface area (Å²) in [7, 11) is 0. The van der Waals surface area contributed by atoms with E-state index in [1.807, 2.05) is 37.4 Å². The molecule has 136 valence electrons. The molecular formula is C21H20N4OS. The summed E-state index contributed by atoms with van der Waals surface area (Å²) < 4.78 is 5.97. The van der Waals surface area contributed by atoms with Crippen LogP contribution in [0.5, 0.6) is 5.75 Å². The van der Waals surface area contributed by atoms with Crippen molar-refractivity contribution in [3.8, 4) is 5.75 Å². The lowest BCUT2D eigenvalue weighted by atomic mass is 9.97. The van der Waals surface area contributed by atoms with E-state index in [0.29, 0.717) is 0 Å². The molecule has 3 aromatic rings. The van der Waals surface area contributed by atoms with Crippen molar-refractivity contribution in [2.45, 2.75) is 38.7 Å². The number of aromatic nitrogens is 2. The number of aryl methyl sites for hydroxylation is 2. The number of hydrogen-bond acceptors (Lipinski definition) is 6. The highest BCUT2D eigenvalue weighted by Gasteiger charge is 2.20. The topological polar surface area (TPSA) is 59.4 Å². The first kappa shape index (κ1) is 16.4. The van der Waals surface area contributed by atoms with Gasteiger partial charge in [-0.05, 0) is 50.3 Å². The zero-order chi connectivity index (χ0) is 18.2. The first-order valence-corrected chi connectivity index (χ1v) is 10.1. The van der Waals surface area contributed by atoms with Crippen molar-refractivity contribution < 1.29 is 4.74 Å². The number of hydrogen-bond donors (Lipinski definition) is 1. The van der Waals surface area contributed by atoms with Crippen LogP contribution in [0, 0.1) is 0 Å². The Morgan fingerprint density at radius 2 is 2.11 bits per heavy atom. The summed E-state index contributed by atoms with van der Waals surface area (Å²) in [6, 6.07) is 8.04. The molecule has 1 N–H and O–H groups in total. The first-order valence-electron chi connectivity index (χ1n) is 9.31. The third kappa shape index (κ3) is 3.00. The average Bonchev–Trinajstić information content (AvgIpc) is 3.08. The third-order valence-corrected chi connectivity index (χ3v) is 6.35. The fraction of sp³-hybridized carbons (Fsp3) is 0.286. The van der Waals surface area contributed by atoms with Gasteiger partial charge >= 0.3 is 0 Å². The number of thiophene rings is 1. The zero-order valence-electron chi connectivity index (χ0n) is 15.1. The van der Waals surface area contributed by atoms with E-state index in [9.17, 15) is 0 Å². The van der Waals surface area contributed by atoms with Gasteiger partial charge in [-0.15, -0.1) is 11.3 Å². The molecule has 0 amide bonds. The minimum Gasteiger partial charge on any atom is -0.485 e. The van der Waals surface area contributed by atoms with E-state index in [4.69, 9.17) is 4.74 Å². The predicted molar refractivity (Wildman–Crippen MR) is 111 cm³/mol. The van der Waals surface area contributed by atoms with Crippen molar-refractivity contribution in [2.75, 3.05) is 5.43 Å². The molecule has 27 heavy (non-hydrogen) atoms. The van der Waals surface area contributed by atoms with Gasteiger partial charge in [0.25, 0.3) is 0 Å². The van der Waals surface area contributed by atoms with Crippen LogP contribution in [0.25, 0.3) is 16.3 Å². The summed E-state index contributed by atoms with van der Waals surface area (Å²) in [6.07, 6.45) is 10.3. The molecule has 2 aliphatic rings. The Morgan fingerprint density at radius 3 is 3.07 bits per heavy atom. The van der Waals surface area contributed by atoms with Gasteiger partial charge in [-0.2, -0.15) is 5.10 Å². The van der Waals surface area contributed by atoms with Gasteiger partial charge < -0.3 is 4.74 Å². The molecule has 0 fully saturated rings. The van der Waals surface area contributed by atoms with Gasteiger partial charge in [0.05, 0.1) is 11.6 Å². The molecule has 0 saturated heterocycles. The van der Waals surface area contributed by atoms with Crippen LogP contribution in [0.4, 0.5) is 5.82 Å². The maximum Gasteiger partial charge on any atom is 0.158 e. The summed E-state index contributed by atoms with van der Waals surface area (Å²) in [5, 5.41) is 5.60. The molecule has 1 aliphatic heterocycles. The van der Waals surface area contributed by atoms with Crippen molar-refractivity contribution in [1.29, 1.82) is 0 Å². The van der Waals surface area contributed by atoms with E-state index < -0.39 is 0 Å². The second-order valence-corrected chi connectivity index (χ2v) is 8.01. The Hall–Kier alpha value is -2.73. The maximum absolute atomic E-state index is 5.97. The van der Waals surface area contributed by atoms with Gasteiger partial charge in [-0.1, -0.05) is 18.2 Å². The Bertz CT molecular complexity index is 1070. The molecule has 0 saturated carbocycles. The van der Waals surface area contributed by atoms with Gasteiger partial charge in [0.15, 0.2) is 5.82 Å². The Labute approximate surface area is 161 Å². The largest absolute Gasteiger partial charge is 0.485 e. The summed E-state index contributed by atoms with van der Waals surface area (Å²) >= 11 is 1.79. The molecule has 1 aromatic carbocycles. The van der Waals surface area contributed by atoms with Crippen LogP contribution in [0.1, 0.15) is 35.8 Å². The summed E-state index contributed by atoms with van der Waals surface area (Å²) in [6.45, 7) is 2.03. The number of fused-ring (bicyclic) bond motifs is 4. The van der Waals surface area contributed by atoms with Gasteiger partial charge in [-0.3, -0.25) is 5.43 Å². The molecule has 0 radical (unpaired) electrons. The molecule has 6 heteroatoms. The van der Waals surface area contributed by atoms with Gasteiger partial charge in [0.1, 0.15) is 23.0 Å². The Kier molecular flexibility index (Phi) is 4.13. The smallest absolute Gasteiger partial charge is 0.158 e. The van der Waals surface area contributed by atoms with Gasteiger partial charge in [0, 0.05) is 16.0 Å². The normalized spacial score (nSPS) is 18.7. The van der Waals surface area contributed by atoms with Crippen molar-refractivity contribution in [2.24, 2.45) is 5.10 Å².